The maximum absolute atomic E-state index is 12.9. The second-order valence-electron chi connectivity index (χ2n) is 7.81. The first-order chi connectivity index (χ1) is 12.6. The highest BCUT2D eigenvalue weighted by molar-refractivity contribution is 6.16. The van der Waals surface area contributed by atoms with Crippen LogP contribution in [0.15, 0.2) is 35.5 Å². The molecular weight excluding hydrogens is 344 g/mol. The third-order valence-electron chi connectivity index (χ3n) is 4.72. The predicted octanol–water partition coefficient (Wildman–Crippen LogP) is 2.51. The quantitative estimate of drug-likeness (QED) is 0.457. The molecule has 1 aromatic carbocycles. The average molecular weight is 368 g/mol. The minimum absolute atomic E-state index is 0.306. The van der Waals surface area contributed by atoms with Crippen molar-refractivity contribution in [2.45, 2.75) is 32.4 Å². The van der Waals surface area contributed by atoms with Crippen LogP contribution in [0.1, 0.15) is 37.9 Å². The molecular formula is C20H24N4O3. The van der Waals surface area contributed by atoms with E-state index in [0.717, 1.165) is 20.9 Å². The SMILES string of the molecule is CN1C(=O)C(C2c3ccccc3C=CN2C=NC(C)(C)C)C(=O)N(C)C1=O. The van der Waals surface area contributed by atoms with Gasteiger partial charge in [-0.1, -0.05) is 24.3 Å². The highest BCUT2D eigenvalue weighted by Crippen LogP contribution is 2.38. The van der Waals surface area contributed by atoms with Crippen LogP contribution >= 0.6 is 0 Å². The van der Waals surface area contributed by atoms with Gasteiger partial charge in [-0.25, -0.2) is 4.79 Å². The van der Waals surface area contributed by atoms with E-state index in [1.165, 1.54) is 14.1 Å². The summed E-state index contributed by atoms with van der Waals surface area (Å²) in [7, 11) is 2.80. The van der Waals surface area contributed by atoms with Crippen molar-refractivity contribution in [3.05, 3.63) is 41.6 Å². The Morgan fingerprint density at radius 3 is 2.19 bits per heavy atom. The molecule has 27 heavy (non-hydrogen) atoms. The Labute approximate surface area is 158 Å². The Balaban J connectivity index is 2.11. The molecule has 1 fully saturated rings. The van der Waals surface area contributed by atoms with Crippen LogP contribution in [0.25, 0.3) is 6.08 Å². The maximum Gasteiger partial charge on any atom is 0.332 e. The van der Waals surface area contributed by atoms with Crippen LogP contribution in [-0.2, 0) is 9.59 Å². The number of rotatable bonds is 2. The Hall–Kier alpha value is -2.96. The highest BCUT2D eigenvalue weighted by atomic mass is 16.2. The van der Waals surface area contributed by atoms with E-state index in [1.54, 1.807) is 11.2 Å². The molecule has 0 radical (unpaired) electrons. The predicted molar refractivity (Wildman–Crippen MR) is 103 cm³/mol. The van der Waals surface area contributed by atoms with Gasteiger partial charge in [0.25, 0.3) is 0 Å². The molecule has 2 aliphatic heterocycles. The zero-order chi connectivity index (χ0) is 19.9. The fourth-order valence-corrected chi connectivity index (χ4v) is 3.26. The number of urea groups is 1. The number of imide groups is 2. The lowest BCUT2D eigenvalue weighted by atomic mass is 9.84. The van der Waals surface area contributed by atoms with Crippen molar-refractivity contribution in [1.29, 1.82) is 0 Å². The van der Waals surface area contributed by atoms with Crippen LogP contribution in [0.2, 0.25) is 0 Å². The summed E-state index contributed by atoms with van der Waals surface area (Å²) in [6.45, 7) is 5.91. The fraction of sp³-hybridized carbons (Fsp3) is 0.400. The lowest BCUT2D eigenvalue weighted by Gasteiger charge is -2.41. The molecule has 1 atom stereocenters. The molecule has 142 valence electrons. The number of amides is 4. The van der Waals surface area contributed by atoms with E-state index in [9.17, 15) is 14.4 Å². The molecule has 0 bridgehead atoms. The number of carbonyl (C=O) groups is 3. The second kappa shape index (κ2) is 6.64. The Morgan fingerprint density at radius 2 is 1.59 bits per heavy atom. The summed E-state index contributed by atoms with van der Waals surface area (Å²) >= 11 is 0. The molecule has 0 saturated carbocycles. The number of barbiturate groups is 1. The van der Waals surface area contributed by atoms with Gasteiger partial charge < -0.3 is 4.90 Å². The summed E-state index contributed by atoms with van der Waals surface area (Å²) in [6, 6.07) is 6.43. The minimum Gasteiger partial charge on any atom is -0.330 e. The fourth-order valence-electron chi connectivity index (χ4n) is 3.26. The number of nitrogens with zero attached hydrogens (tertiary/aromatic N) is 4. The van der Waals surface area contributed by atoms with Gasteiger partial charge in [-0.05, 0) is 38.0 Å². The number of aliphatic imine (C=N–C) groups is 1. The van der Waals surface area contributed by atoms with Crippen LogP contribution in [-0.4, -0.2) is 58.5 Å². The van der Waals surface area contributed by atoms with E-state index in [2.05, 4.69) is 4.99 Å². The second-order valence-corrected chi connectivity index (χ2v) is 7.81. The van der Waals surface area contributed by atoms with Gasteiger partial charge in [0.2, 0.25) is 11.8 Å². The van der Waals surface area contributed by atoms with Gasteiger partial charge in [0.05, 0.1) is 17.9 Å². The van der Waals surface area contributed by atoms with E-state index in [4.69, 9.17) is 0 Å². The van der Waals surface area contributed by atoms with E-state index in [0.29, 0.717) is 0 Å². The summed E-state index contributed by atoms with van der Waals surface area (Å²) in [6.07, 6.45) is 5.41. The molecule has 0 spiro atoms. The normalized spacial score (nSPS) is 21.4. The summed E-state index contributed by atoms with van der Waals surface area (Å²) in [5.74, 6) is -2.05. The van der Waals surface area contributed by atoms with Crippen molar-refractivity contribution in [3.63, 3.8) is 0 Å². The molecule has 0 aliphatic carbocycles. The summed E-state index contributed by atoms with van der Waals surface area (Å²) in [5, 5.41) is 0. The van der Waals surface area contributed by atoms with Crippen LogP contribution in [0.5, 0.6) is 0 Å². The molecule has 4 amide bonds. The first-order valence-electron chi connectivity index (χ1n) is 8.81. The van der Waals surface area contributed by atoms with Crippen LogP contribution in [0.4, 0.5) is 4.79 Å². The van der Waals surface area contributed by atoms with E-state index < -0.39 is 29.8 Å². The molecule has 7 heteroatoms. The molecule has 1 unspecified atom stereocenters. The van der Waals surface area contributed by atoms with Crippen molar-refractivity contribution < 1.29 is 14.4 Å². The largest absolute Gasteiger partial charge is 0.332 e. The first-order valence-corrected chi connectivity index (χ1v) is 8.81. The first kappa shape index (κ1) is 18.8. The Kier molecular flexibility index (Phi) is 4.63. The van der Waals surface area contributed by atoms with Gasteiger partial charge in [0.15, 0.2) is 0 Å². The summed E-state index contributed by atoms with van der Waals surface area (Å²) < 4.78 is 0. The van der Waals surface area contributed by atoms with Crippen molar-refractivity contribution in [2.75, 3.05) is 14.1 Å². The lowest BCUT2D eigenvalue weighted by Crippen LogP contribution is -2.59. The maximum atomic E-state index is 12.9. The summed E-state index contributed by atoms with van der Waals surface area (Å²) in [5.41, 5.74) is 1.48. The standard InChI is InChI=1S/C20H24N4O3/c1-20(2,3)21-12-24-11-10-13-8-6-7-9-14(13)16(24)15-17(25)22(4)19(27)23(5)18(15)26/h6-12,15-16H,1-5H3. The monoisotopic (exact) mass is 368 g/mol. The smallest absolute Gasteiger partial charge is 0.330 e. The third-order valence-corrected chi connectivity index (χ3v) is 4.72. The molecule has 1 saturated heterocycles. The zero-order valence-corrected chi connectivity index (χ0v) is 16.2. The van der Waals surface area contributed by atoms with Gasteiger partial charge in [-0.15, -0.1) is 0 Å². The number of carbonyl (C=O) groups excluding carboxylic acids is 3. The van der Waals surface area contributed by atoms with E-state index in [-0.39, 0.29) is 5.54 Å². The van der Waals surface area contributed by atoms with Gasteiger partial charge >= 0.3 is 6.03 Å². The lowest BCUT2D eigenvalue weighted by molar-refractivity contribution is -0.150. The molecule has 3 rings (SSSR count). The third kappa shape index (κ3) is 3.37. The number of benzene rings is 1. The molecule has 0 N–H and O–H groups in total. The van der Waals surface area contributed by atoms with Gasteiger partial charge in [0, 0.05) is 20.3 Å². The minimum atomic E-state index is -1.03. The van der Waals surface area contributed by atoms with Gasteiger partial charge in [0.1, 0.15) is 5.92 Å². The molecule has 0 aromatic heterocycles. The average Bonchev–Trinajstić information content (AvgIpc) is 2.63. The number of fused-ring (bicyclic) bond motifs is 1. The van der Waals surface area contributed by atoms with E-state index >= 15 is 0 Å². The number of hydrogen-bond acceptors (Lipinski definition) is 4. The molecule has 2 heterocycles. The van der Waals surface area contributed by atoms with E-state index in [1.807, 2.05) is 57.3 Å². The van der Waals surface area contributed by atoms with Gasteiger partial charge in [-0.2, -0.15) is 0 Å². The molecule has 7 nitrogen and oxygen atoms in total. The highest BCUT2D eigenvalue weighted by Gasteiger charge is 2.49. The van der Waals surface area contributed by atoms with Crippen molar-refractivity contribution in [3.8, 4) is 0 Å². The zero-order valence-electron chi connectivity index (χ0n) is 16.2. The van der Waals surface area contributed by atoms with Crippen LogP contribution in [0.3, 0.4) is 0 Å². The summed E-state index contributed by atoms with van der Waals surface area (Å²) in [4.78, 5) is 46.3. The van der Waals surface area contributed by atoms with Crippen LogP contribution in [0, 0.1) is 5.92 Å². The van der Waals surface area contributed by atoms with Gasteiger partial charge in [-0.3, -0.25) is 24.4 Å². The molecule has 1 aromatic rings. The van der Waals surface area contributed by atoms with Crippen molar-refractivity contribution >= 4 is 30.3 Å². The number of hydrogen-bond donors (Lipinski definition) is 0. The topological polar surface area (TPSA) is 73.3 Å². The Bertz CT molecular complexity index is 829. The Morgan fingerprint density at radius 1 is 1.00 bits per heavy atom. The van der Waals surface area contributed by atoms with Crippen LogP contribution < -0.4 is 0 Å². The molecule has 2 aliphatic rings. The van der Waals surface area contributed by atoms with Crippen molar-refractivity contribution in [1.82, 2.24) is 14.7 Å². The van der Waals surface area contributed by atoms with Crippen molar-refractivity contribution in [2.24, 2.45) is 10.9 Å².